The van der Waals surface area contributed by atoms with Crippen molar-refractivity contribution in [3.05, 3.63) is 30.1 Å². The van der Waals surface area contributed by atoms with Crippen molar-refractivity contribution in [1.82, 2.24) is 15.2 Å². The van der Waals surface area contributed by atoms with Gasteiger partial charge in [-0.2, -0.15) is 0 Å². The highest BCUT2D eigenvalue weighted by molar-refractivity contribution is 5.09. The lowest BCUT2D eigenvalue weighted by atomic mass is 10.1. The van der Waals surface area contributed by atoms with Crippen molar-refractivity contribution in [2.45, 2.75) is 19.8 Å². The SMILES string of the molecule is CCN(C)CCNCCCc1ccncc1. The average molecular weight is 221 g/mol. The molecule has 0 aromatic carbocycles. The van der Waals surface area contributed by atoms with E-state index < -0.39 is 0 Å². The molecule has 0 radical (unpaired) electrons. The molecule has 90 valence electrons. The van der Waals surface area contributed by atoms with E-state index in [1.54, 1.807) is 0 Å². The Morgan fingerprint density at radius 1 is 1.25 bits per heavy atom. The smallest absolute Gasteiger partial charge is 0.0270 e. The number of likely N-dealkylation sites (N-methyl/N-ethyl adjacent to an activating group) is 1. The maximum Gasteiger partial charge on any atom is 0.0270 e. The number of aromatic nitrogens is 1. The second-order valence-electron chi connectivity index (χ2n) is 4.10. The van der Waals surface area contributed by atoms with Gasteiger partial charge in [0.25, 0.3) is 0 Å². The summed E-state index contributed by atoms with van der Waals surface area (Å²) in [6.07, 6.45) is 6.05. The van der Waals surface area contributed by atoms with Crippen LogP contribution in [0.1, 0.15) is 18.9 Å². The van der Waals surface area contributed by atoms with E-state index >= 15 is 0 Å². The van der Waals surface area contributed by atoms with Crippen molar-refractivity contribution in [1.29, 1.82) is 0 Å². The molecule has 0 saturated heterocycles. The summed E-state index contributed by atoms with van der Waals surface area (Å²) < 4.78 is 0. The summed E-state index contributed by atoms with van der Waals surface area (Å²) in [5.74, 6) is 0. The first-order valence-corrected chi connectivity index (χ1v) is 6.11. The van der Waals surface area contributed by atoms with Gasteiger partial charge in [0.05, 0.1) is 0 Å². The van der Waals surface area contributed by atoms with Crippen LogP contribution in [0.5, 0.6) is 0 Å². The predicted octanol–water partition coefficient (Wildman–Crippen LogP) is 1.56. The van der Waals surface area contributed by atoms with Gasteiger partial charge in [-0.3, -0.25) is 4.98 Å². The van der Waals surface area contributed by atoms with Crippen molar-refractivity contribution < 1.29 is 0 Å². The number of aryl methyl sites for hydroxylation is 1. The van der Waals surface area contributed by atoms with Crippen LogP contribution >= 0.6 is 0 Å². The third-order valence-corrected chi connectivity index (χ3v) is 2.78. The molecule has 3 heteroatoms. The normalized spacial score (nSPS) is 10.9. The largest absolute Gasteiger partial charge is 0.315 e. The van der Waals surface area contributed by atoms with E-state index in [1.807, 2.05) is 12.4 Å². The first kappa shape index (κ1) is 13.1. The summed E-state index contributed by atoms with van der Waals surface area (Å²) in [4.78, 5) is 6.33. The fourth-order valence-corrected chi connectivity index (χ4v) is 1.52. The molecule has 1 N–H and O–H groups in total. The molecule has 0 saturated carbocycles. The van der Waals surface area contributed by atoms with E-state index in [0.717, 1.165) is 32.6 Å². The van der Waals surface area contributed by atoms with Crippen LogP contribution in [-0.2, 0) is 6.42 Å². The molecule has 1 aromatic rings. The fourth-order valence-electron chi connectivity index (χ4n) is 1.52. The average Bonchev–Trinajstić information content (AvgIpc) is 2.34. The Labute approximate surface area is 98.9 Å². The third-order valence-electron chi connectivity index (χ3n) is 2.78. The Bertz CT molecular complexity index is 261. The molecule has 0 aliphatic rings. The topological polar surface area (TPSA) is 28.2 Å². The van der Waals surface area contributed by atoms with Crippen LogP contribution in [0.3, 0.4) is 0 Å². The highest BCUT2D eigenvalue weighted by Crippen LogP contribution is 1.99. The molecule has 1 aromatic heterocycles. The second-order valence-corrected chi connectivity index (χ2v) is 4.10. The maximum absolute atomic E-state index is 4.01. The first-order valence-electron chi connectivity index (χ1n) is 6.11. The van der Waals surface area contributed by atoms with Crippen LogP contribution in [0.2, 0.25) is 0 Å². The fraction of sp³-hybridized carbons (Fsp3) is 0.615. The van der Waals surface area contributed by atoms with Gasteiger partial charge in [-0.05, 0) is 50.7 Å². The molecular weight excluding hydrogens is 198 g/mol. The molecule has 0 fully saturated rings. The lowest BCUT2D eigenvalue weighted by Gasteiger charge is -2.13. The van der Waals surface area contributed by atoms with E-state index in [0.29, 0.717) is 0 Å². The van der Waals surface area contributed by atoms with Crippen molar-refractivity contribution in [3.63, 3.8) is 0 Å². The predicted molar refractivity (Wildman–Crippen MR) is 68.6 cm³/mol. The van der Waals surface area contributed by atoms with Gasteiger partial charge < -0.3 is 10.2 Å². The second kappa shape index (κ2) is 8.25. The highest BCUT2D eigenvalue weighted by Gasteiger charge is 1.94. The minimum atomic E-state index is 1.08. The van der Waals surface area contributed by atoms with Gasteiger partial charge in [-0.15, -0.1) is 0 Å². The maximum atomic E-state index is 4.01. The number of nitrogens with one attached hydrogen (secondary N) is 1. The van der Waals surface area contributed by atoms with Gasteiger partial charge >= 0.3 is 0 Å². The third kappa shape index (κ3) is 5.83. The number of hydrogen-bond donors (Lipinski definition) is 1. The number of pyridine rings is 1. The number of nitrogens with zero attached hydrogens (tertiary/aromatic N) is 2. The Kier molecular flexibility index (Phi) is 6.77. The number of hydrogen-bond acceptors (Lipinski definition) is 3. The highest BCUT2D eigenvalue weighted by atomic mass is 15.1. The molecule has 1 heterocycles. The van der Waals surface area contributed by atoms with Crippen LogP contribution in [-0.4, -0.2) is 43.1 Å². The minimum absolute atomic E-state index is 1.08. The number of rotatable bonds is 8. The van der Waals surface area contributed by atoms with Crippen LogP contribution in [0.4, 0.5) is 0 Å². The summed E-state index contributed by atoms with van der Waals surface area (Å²) in [7, 11) is 2.15. The van der Waals surface area contributed by atoms with E-state index in [4.69, 9.17) is 0 Å². The van der Waals surface area contributed by atoms with E-state index in [-0.39, 0.29) is 0 Å². The lowest BCUT2D eigenvalue weighted by Crippen LogP contribution is -2.29. The summed E-state index contributed by atoms with van der Waals surface area (Å²) in [5, 5.41) is 3.46. The van der Waals surface area contributed by atoms with Gasteiger partial charge in [-0.1, -0.05) is 6.92 Å². The molecule has 0 spiro atoms. The van der Waals surface area contributed by atoms with Crippen LogP contribution in [0.15, 0.2) is 24.5 Å². The molecule has 16 heavy (non-hydrogen) atoms. The van der Waals surface area contributed by atoms with Crippen molar-refractivity contribution in [3.8, 4) is 0 Å². The molecule has 0 aliphatic heterocycles. The summed E-state index contributed by atoms with van der Waals surface area (Å²) >= 11 is 0. The molecular formula is C13H23N3. The quantitative estimate of drug-likeness (QED) is 0.675. The van der Waals surface area contributed by atoms with E-state index in [1.165, 1.54) is 12.0 Å². The molecule has 1 rings (SSSR count). The zero-order valence-electron chi connectivity index (χ0n) is 10.4. The van der Waals surface area contributed by atoms with Gasteiger partial charge in [-0.25, -0.2) is 0 Å². The summed E-state index contributed by atoms with van der Waals surface area (Å²) in [6, 6.07) is 4.18. The molecule has 3 nitrogen and oxygen atoms in total. The molecule has 0 atom stereocenters. The van der Waals surface area contributed by atoms with Crippen LogP contribution in [0.25, 0.3) is 0 Å². The van der Waals surface area contributed by atoms with E-state index in [9.17, 15) is 0 Å². The molecule has 0 aliphatic carbocycles. The van der Waals surface area contributed by atoms with Crippen LogP contribution < -0.4 is 5.32 Å². The van der Waals surface area contributed by atoms with Crippen LogP contribution in [0, 0.1) is 0 Å². The summed E-state index contributed by atoms with van der Waals surface area (Å²) in [6.45, 7) is 6.62. The zero-order valence-corrected chi connectivity index (χ0v) is 10.4. The van der Waals surface area contributed by atoms with Crippen molar-refractivity contribution >= 4 is 0 Å². The van der Waals surface area contributed by atoms with Gasteiger partial charge in [0, 0.05) is 25.5 Å². The van der Waals surface area contributed by atoms with E-state index in [2.05, 4.69) is 41.3 Å². The Morgan fingerprint density at radius 2 is 2.00 bits per heavy atom. The molecule has 0 bridgehead atoms. The molecule has 0 unspecified atom stereocenters. The minimum Gasteiger partial charge on any atom is -0.315 e. The lowest BCUT2D eigenvalue weighted by molar-refractivity contribution is 0.349. The van der Waals surface area contributed by atoms with Crippen molar-refractivity contribution in [2.75, 3.05) is 33.2 Å². The monoisotopic (exact) mass is 221 g/mol. The summed E-state index contributed by atoms with van der Waals surface area (Å²) in [5.41, 5.74) is 1.38. The standard InChI is InChI=1S/C13H23N3/c1-3-16(2)12-11-14-8-4-5-13-6-9-15-10-7-13/h6-7,9-10,14H,3-5,8,11-12H2,1-2H3. The first-order chi connectivity index (χ1) is 7.83. The Morgan fingerprint density at radius 3 is 2.69 bits per heavy atom. The molecule has 0 amide bonds. The van der Waals surface area contributed by atoms with Gasteiger partial charge in [0.15, 0.2) is 0 Å². The van der Waals surface area contributed by atoms with Gasteiger partial charge in [0.2, 0.25) is 0 Å². The Balaban J connectivity index is 1.96. The van der Waals surface area contributed by atoms with Gasteiger partial charge in [0.1, 0.15) is 0 Å². The zero-order chi connectivity index (χ0) is 11.6. The van der Waals surface area contributed by atoms with Crippen molar-refractivity contribution in [2.24, 2.45) is 0 Å². The Hall–Kier alpha value is -0.930.